The Labute approximate surface area is 256 Å². The van der Waals surface area contributed by atoms with E-state index in [0.717, 1.165) is 81.5 Å². The van der Waals surface area contributed by atoms with E-state index in [-0.39, 0.29) is 5.41 Å². The number of allylic oxidation sites excluding steroid dienone is 12. The molecular weight excluding hydrogens is 522 g/mol. The van der Waals surface area contributed by atoms with Crippen LogP contribution in [0.3, 0.4) is 0 Å². The maximum Gasteiger partial charge on any atom is 0.0693 e. The molecule has 1 aromatic rings. The van der Waals surface area contributed by atoms with Crippen molar-refractivity contribution in [1.82, 2.24) is 4.98 Å². The molecule has 2 aliphatic carbocycles. The Morgan fingerprint density at radius 3 is 1.72 bits per heavy atom. The summed E-state index contributed by atoms with van der Waals surface area (Å²) >= 11 is 0. The van der Waals surface area contributed by atoms with Gasteiger partial charge < -0.3 is 4.98 Å². The highest BCUT2D eigenvalue weighted by Gasteiger charge is 2.27. The largest absolute Gasteiger partial charge is 0.355 e. The first kappa shape index (κ1) is 28.9. The SMILES string of the molecule is CCC1=C(C)C2=CC3=C=C(C=C4N=C(C=c5[nH]c(c(CC)c5CC)=CC1=N2)C(CC)=C4C)C1=CC=C(C(C)(C)C)C=C=C31. The van der Waals surface area contributed by atoms with Gasteiger partial charge in [0.2, 0.25) is 0 Å². The molecule has 43 heavy (non-hydrogen) atoms. The molecule has 1 N–H and O–H groups in total. The summed E-state index contributed by atoms with van der Waals surface area (Å²) in [6.07, 6.45) is 19.4. The third-order valence-corrected chi connectivity index (χ3v) is 9.36. The van der Waals surface area contributed by atoms with Gasteiger partial charge in [0.15, 0.2) is 0 Å². The first-order valence-corrected chi connectivity index (χ1v) is 15.9. The number of fused-ring (bicyclic) bond motifs is 7. The fourth-order valence-corrected chi connectivity index (χ4v) is 6.83. The van der Waals surface area contributed by atoms with Crippen molar-refractivity contribution in [2.45, 2.75) is 88.0 Å². The molecule has 4 heterocycles. The van der Waals surface area contributed by atoms with E-state index in [1.807, 2.05) is 0 Å². The minimum absolute atomic E-state index is 0.0266. The Morgan fingerprint density at radius 1 is 0.698 bits per heavy atom. The van der Waals surface area contributed by atoms with Gasteiger partial charge in [0.1, 0.15) is 0 Å². The number of hydrogen-bond acceptors (Lipinski definition) is 2. The molecule has 3 nitrogen and oxygen atoms in total. The monoisotopic (exact) mass is 565 g/mol. The van der Waals surface area contributed by atoms with Crippen LogP contribution >= 0.6 is 0 Å². The molecule has 0 atom stereocenters. The van der Waals surface area contributed by atoms with Gasteiger partial charge in [0, 0.05) is 33.0 Å². The summed E-state index contributed by atoms with van der Waals surface area (Å²) in [7, 11) is 0. The molecule has 1 aromatic heterocycles. The Balaban J connectivity index is 1.70. The van der Waals surface area contributed by atoms with Crippen molar-refractivity contribution in [3.63, 3.8) is 0 Å². The van der Waals surface area contributed by atoms with Crippen LogP contribution in [0.5, 0.6) is 0 Å². The summed E-state index contributed by atoms with van der Waals surface area (Å²) in [6.45, 7) is 20.1. The minimum Gasteiger partial charge on any atom is -0.355 e. The van der Waals surface area contributed by atoms with Crippen molar-refractivity contribution in [3.05, 3.63) is 125 Å². The first-order chi connectivity index (χ1) is 20.6. The van der Waals surface area contributed by atoms with E-state index in [1.165, 1.54) is 39.0 Å². The van der Waals surface area contributed by atoms with Gasteiger partial charge in [-0.2, -0.15) is 0 Å². The third kappa shape index (κ3) is 4.88. The van der Waals surface area contributed by atoms with E-state index in [0.29, 0.717) is 0 Å². The Hall–Kier alpha value is -4.16. The topological polar surface area (TPSA) is 40.5 Å². The molecule has 218 valence electrons. The molecule has 0 saturated carbocycles. The number of aromatic nitrogens is 1. The van der Waals surface area contributed by atoms with Crippen LogP contribution in [0.1, 0.15) is 86.3 Å². The van der Waals surface area contributed by atoms with Gasteiger partial charge in [-0.15, -0.1) is 11.5 Å². The Kier molecular flexibility index (Phi) is 7.29. The third-order valence-electron chi connectivity index (χ3n) is 9.36. The minimum atomic E-state index is 0.0266. The van der Waals surface area contributed by atoms with Gasteiger partial charge in [0.05, 0.1) is 22.8 Å². The number of H-pyrrole nitrogens is 1. The lowest BCUT2D eigenvalue weighted by Gasteiger charge is -2.18. The van der Waals surface area contributed by atoms with Crippen molar-refractivity contribution >= 4 is 23.6 Å². The maximum absolute atomic E-state index is 5.25. The van der Waals surface area contributed by atoms with Crippen LogP contribution in [0.4, 0.5) is 0 Å². The average Bonchev–Trinajstić information content (AvgIpc) is 3.58. The first-order valence-electron chi connectivity index (χ1n) is 15.9. The second-order valence-corrected chi connectivity index (χ2v) is 12.9. The molecule has 3 aliphatic heterocycles. The van der Waals surface area contributed by atoms with E-state index < -0.39 is 0 Å². The fraction of sp³-hybridized carbons (Fsp3) is 0.350. The van der Waals surface area contributed by atoms with Crippen LogP contribution in [0.25, 0.3) is 12.2 Å². The summed E-state index contributed by atoms with van der Waals surface area (Å²) < 4.78 is 0. The molecule has 0 saturated heterocycles. The quantitative estimate of drug-likeness (QED) is 0.357. The number of hydrogen-bond donors (Lipinski definition) is 1. The number of aliphatic imine (C=N–C) groups is 2. The van der Waals surface area contributed by atoms with Crippen LogP contribution in [0.2, 0.25) is 0 Å². The zero-order chi connectivity index (χ0) is 30.6. The molecule has 0 fully saturated rings. The molecule has 0 amide bonds. The van der Waals surface area contributed by atoms with E-state index in [2.05, 4.69) is 121 Å². The molecule has 0 spiro atoms. The second kappa shape index (κ2) is 10.8. The number of nitrogens with one attached hydrogen (secondary N) is 1. The van der Waals surface area contributed by atoms with E-state index in [4.69, 9.17) is 9.98 Å². The van der Waals surface area contributed by atoms with Crippen molar-refractivity contribution in [2.24, 2.45) is 15.4 Å². The van der Waals surface area contributed by atoms with Crippen LogP contribution in [-0.2, 0) is 12.8 Å². The van der Waals surface area contributed by atoms with Crippen molar-refractivity contribution in [2.75, 3.05) is 0 Å². The molecule has 0 aromatic carbocycles. The number of nitrogens with zero attached hydrogens (tertiary/aromatic N) is 2. The van der Waals surface area contributed by atoms with Crippen LogP contribution in [-0.4, -0.2) is 16.4 Å². The molecule has 8 bridgehead atoms. The molecule has 0 radical (unpaired) electrons. The van der Waals surface area contributed by atoms with E-state index in [1.54, 1.807) is 0 Å². The van der Waals surface area contributed by atoms with Gasteiger partial charge >= 0.3 is 0 Å². The van der Waals surface area contributed by atoms with Gasteiger partial charge in [-0.05, 0) is 114 Å². The highest BCUT2D eigenvalue weighted by molar-refractivity contribution is 6.24. The summed E-state index contributed by atoms with van der Waals surface area (Å²) in [6, 6.07) is 0. The lowest BCUT2D eigenvalue weighted by atomic mass is 9.86. The van der Waals surface area contributed by atoms with E-state index >= 15 is 0 Å². The second-order valence-electron chi connectivity index (χ2n) is 12.9. The molecule has 6 rings (SSSR count). The van der Waals surface area contributed by atoms with Crippen LogP contribution < -0.4 is 10.7 Å². The summed E-state index contributed by atoms with van der Waals surface area (Å²) in [5.74, 6) is 0. The fourth-order valence-electron chi connectivity index (χ4n) is 6.83. The molecule has 3 heteroatoms. The average molecular weight is 566 g/mol. The van der Waals surface area contributed by atoms with Crippen molar-refractivity contribution < 1.29 is 0 Å². The van der Waals surface area contributed by atoms with Crippen LogP contribution in [0, 0.1) is 5.41 Å². The lowest BCUT2D eigenvalue weighted by molar-refractivity contribution is 0.517. The molecular formula is C40H43N3. The number of rotatable bonds is 4. The maximum atomic E-state index is 5.25. The van der Waals surface area contributed by atoms with Crippen molar-refractivity contribution in [1.29, 1.82) is 0 Å². The summed E-state index contributed by atoms with van der Waals surface area (Å²) in [5, 5.41) is 2.32. The summed E-state index contributed by atoms with van der Waals surface area (Å²) in [4.78, 5) is 14.3. The van der Waals surface area contributed by atoms with Crippen molar-refractivity contribution in [3.8, 4) is 0 Å². The highest BCUT2D eigenvalue weighted by atomic mass is 14.8. The molecule has 5 aliphatic rings. The lowest BCUT2D eigenvalue weighted by Crippen LogP contribution is -2.16. The zero-order valence-corrected chi connectivity index (χ0v) is 27.3. The normalized spacial score (nSPS) is 19.3. The zero-order valence-electron chi connectivity index (χ0n) is 27.3. The molecule has 0 unspecified atom stereocenters. The smallest absolute Gasteiger partial charge is 0.0693 e. The Morgan fingerprint density at radius 2 is 1.23 bits per heavy atom. The summed E-state index contributed by atoms with van der Waals surface area (Å²) in [5.41, 5.74) is 24.9. The Bertz CT molecular complexity index is 1990. The van der Waals surface area contributed by atoms with Gasteiger partial charge in [0.25, 0.3) is 0 Å². The predicted molar refractivity (Wildman–Crippen MR) is 183 cm³/mol. The van der Waals surface area contributed by atoms with Gasteiger partial charge in [-0.1, -0.05) is 60.6 Å². The van der Waals surface area contributed by atoms with Gasteiger partial charge in [-0.25, -0.2) is 9.98 Å². The van der Waals surface area contributed by atoms with E-state index in [9.17, 15) is 0 Å². The van der Waals surface area contributed by atoms with Gasteiger partial charge in [-0.3, -0.25) is 0 Å². The standard InChI is InChI=1S/C40H43N3/c1-10-28-23(5)34-19-25-18-26(33-17-15-27(40(7,8)9)14-16-32(25)33)20-35-24(6)29(11-2)37(42-35)22-39-31(13-4)30(12-3)38(43-39)21-36(28)41-34/h14-16,19-22,43H,10-13H2,1-9H3. The van der Waals surface area contributed by atoms with Crippen LogP contribution in [0.15, 0.2) is 113 Å². The predicted octanol–water partition coefficient (Wildman–Crippen LogP) is 8.30. The highest BCUT2D eigenvalue weighted by Crippen LogP contribution is 2.40. The number of aromatic amines is 1.